The van der Waals surface area contributed by atoms with Crippen molar-refractivity contribution in [1.29, 1.82) is 0 Å². The number of nitrogens with one attached hydrogen (secondary N) is 1. The number of anilines is 1. The van der Waals surface area contributed by atoms with Gasteiger partial charge in [0.05, 0.1) is 22.3 Å². The monoisotopic (exact) mass is 404 g/mol. The van der Waals surface area contributed by atoms with Gasteiger partial charge in [0, 0.05) is 11.1 Å². The van der Waals surface area contributed by atoms with Crippen LogP contribution in [0.2, 0.25) is 10.0 Å². The van der Waals surface area contributed by atoms with E-state index < -0.39 is 0 Å². The lowest BCUT2D eigenvalue weighted by atomic mass is 10.2. The molecule has 3 aromatic rings. The van der Waals surface area contributed by atoms with Gasteiger partial charge in [-0.1, -0.05) is 35.3 Å². The van der Waals surface area contributed by atoms with Gasteiger partial charge in [-0.2, -0.15) is 0 Å². The molecule has 27 heavy (non-hydrogen) atoms. The fourth-order valence-corrected chi connectivity index (χ4v) is 3.17. The Morgan fingerprint density at radius 3 is 2.67 bits per heavy atom. The van der Waals surface area contributed by atoms with E-state index in [1.807, 2.05) is 38.1 Å². The second-order valence-electron chi connectivity index (χ2n) is 5.78. The summed E-state index contributed by atoms with van der Waals surface area (Å²) in [6.07, 6.45) is 0. The molecule has 0 atom stereocenters. The summed E-state index contributed by atoms with van der Waals surface area (Å²) in [5.74, 6) is 0.586. The molecule has 1 heterocycles. The Balaban J connectivity index is 1.79. The van der Waals surface area contributed by atoms with E-state index in [1.54, 1.807) is 18.2 Å². The summed E-state index contributed by atoms with van der Waals surface area (Å²) in [5.41, 5.74) is 1.89. The first-order valence-corrected chi connectivity index (χ1v) is 9.15. The first-order valence-electron chi connectivity index (χ1n) is 8.39. The molecular weight excluding hydrogens is 387 g/mol. The van der Waals surface area contributed by atoms with Crippen LogP contribution in [0.3, 0.4) is 0 Å². The summed E-state index contributed by atoms with van der Waals surface area (Å²) in [6.45, 7) is 4.01. The Morgan fingerprint density at radius 1 is 1.11 bits per heavy atom. The Labute approximate surface area is 167 Å². The van der Waals surface area contributed by atoms with E-state index in [4.69, 9.17) is 32.7 Å². The lowest BCUT2D eigenvalue weighted by Gasteiger charge is -2.14. The molecule has 0 fully saturated rings. The molecule has 0 radical (unpaired) electrons. The van der Waals surface area contributed by atoms with Gasteiger partial charge in [-0.3, -0.25) is 4.79 Å². The molecule has 5 nitrogen and oxygen atoms in total. The van der Waals surface area contributed by atoms with Gasteiger partial charge in [0.25, 0.3) is 5.91 Å². The van der Waals surface area contributed by atoms with Crippen LogP contribution in [-0.2, 0) is 4.79 Å². The third-order valence-corrected chi connectivity index (χ3v) is 4.38. The Hall–Kier alpha value is -2.50. The molecule has 0 saturated heterocycles. The molecule has 0 aliphatic rings. The maximum atomic E-state index is 12.3. The van der Waals surface area contributed by atoms with Crippen LogP contribution < -0.4 is 14.8 Å². The second-order valence-corrected chi connectivity index (χ2v) is 6.60. The summed E-state index contributed by atoms with van der Waals surface area (Å²) in [7, 11) is 0. The molecular formula is C20H18Cl2N2O3. The number of benzene rings is 2. The van der Waals surface area contributed by atoms with Gasteiger partial charge < -0.3 is 14.8 Å². The van der Waals surface area contributed by atoms with Gasteiger partial charge in [0.1, 0.15) is 11.3 Å². The molecule has 1 aromatic heterocycles. The molecule has 7 heteroatoms. The third-order valence-electron chi connectivity index (χ3n) is 3.79. The van der Waals surface area contributed by atoms with E-state index in [1.165, 1.54) is 0 Å². The summed E-state index contributed by atoms with van der Waals surface area (Å²) in [6, 6.07) is 12.5. The number of nitrogens with zero attached hydrogens (tertiary/aromatic N) is 1. The molecule has 2 aromatic carbocycles. The number of aryl methyl sites for hydroxylation is 1. The standard InChI is InChI=1S/C20H18Cl2N2O3/c1-3-26-17-7-5-4-6-16(17)24-18(25)11-27-20-15(22)10-14(21)13-9-8-12(2)23-19(13)20/h4-10H,3,11H2,1-2H3,(H,24,25). The van der Waals surface area contributed by atoms with E-state index in [2.05, 4.69) is 10.3 Å². The lowest BCUT2D eigenvalue weighted by Crippen LogP contribution is -2.21. The number of aromatic nitrogens is 1. The largest absolute Gasteiger partial charge is 0.492 e. The van der Waals surface area contributed by atoms with Crippen molar-refractivity contribution in [3.63, 3.8) is 0 Å². The zero-order valence-corrected chi connectivity index (χ0v) is 16.4. The van der Waals surface area contributed by atoms with Crippen LogP contribution in [0.1, 0.15) is 12.6 Å². The van der Waals surface area contributed by atoms with Crippen LogP contribution in [-0.4, -0.2) is 24.1 Å². The zero-order chi connectivity index (χ0) is 19.4. The summed E-state index contributed by atoms with van der Waals surface area (Å²) >= 11 is 12.5. The number of ether oxygens (including phenoxy) is 2. The number of rotatable bonds is 6. The molecule has 0 bridgehead atoms. The quantitative estimate of drug-likeness (QED) is 0.607. The van der Waals surface area contributed by atoms with Crippen LogP contribution in [0.15, 0.2) is 42.5 Å². The van der Waals surface area contributed by atoms with E-state index in [9.17, 15) is 4.79 Å². The summed E-state index contributed by atoms with van der Waals surface area (Å²) < 4.78 is 11.2. The number of halogens is 2. The van der Waals surface area contributed by atoms with Crippen molar-refractivity contribution in [3.8, 4) is 11.5 Å². The molecule has 0 unspecified atom stereocenters. The third kappa shape index (κ3) is 4.43. The van der Waals surface area contributed by atoms with Gasteiger partial charge >= 0.3 is 0 Å². The zero-order valence-electron chi connectivity index (χ0n) is 14.9. The number of pyridine rings is 1. The summed E-state index contributed by atoms with van der Waals surface area (Å²) in [4.78, 5) is 16.8. The number of carbonyl (C=O) groups excluding carboxylic acids is 1. The highest BCUT2D eigenvalue weighted by atomic mass is 35.5. The van der Waals surface area contributed by atoms with E-state index in [0.29, 0.717) is 44.7 Å². The number of para-hydroxylation sites is 2. The van der Waals surface area contributed by atoms with Gasteiger partial charge in [-0.25, -0.2) is 4.98 Å². The van der Waals surface area contributed by atoms with Crippen molar-refractivity contribution in [2.24, 2.45) is 0 Å². The molecule has 0 spiro atoms. The van der Waals surface area contributed by atoms with Crippen molar-refractivity contribution in [3.05, 3.63) is 58.2 Å². The SMILES string of the molecule is CCOc1ccccc1NC(=O)COc1c(Cl)cc(Cl)c2ccc(C)nc12. The lowest BCUT2D eigenvalue weighted by molar-refractivity contribution is -0.118. The number of amides is 1. The normalized spacial score (nSPS) is 10.7. The minimum absolute atomic E-state index is 0.230. The van der Waals surface area contributed by atoms with Crippen LogP contribution in [0.4, 0.5) is 5.69 Å². The Kier molecular flexibility index (Phi) is 6.04. The highest BCUT2D eigenvalue weighted by Crippen LogP contribution is 2.37. The molecule has 140 valence electrons. The van der Waals surface area contributed by atoms with Crippen LogP contribution in [0, 0.1) is 6.92 Å². The molecule has 0 aliphatic heterocycles. The van der Waals surface area contributed by atoms with Crippen LogP contribution in [0.25, 0.3) is 10.9 Å². The Bertz CT molecular complexity index is 992. The van der Waals surface area contributed by atoms with Crippen LogP contribution >= 0.6 is 23.2 Å². The van der Waals surface area contributed by atoms with Gasteiger partial charge in [-0.05, 0) is 44.2 Å². The fourth-order valence-electron chi connectivity index (χ4n) is 2.60. The average molecular weight is 405 g/mol. The molecule has 3 rings (SSSR count). The smallest absolute Gasteiger partial charge is 0.262 e. The summed E-state index contributed by atoms with van der Waals surface area (Å²) in [5, 5.41) is 4.27. The maximum Gasteiger partial charge on any atom is 0.262 e. The van der Waals surface area contributed by atoms with Crippen molar-refractivity contribution >= 4 is 45.7 Å². The second kappa shape index (κ2) is 8.46. The van der Waals surface area contributed by atoms with Crippen LogP contribution in [0.5, 0.6) is 11.5 Å². The first kappa shape index (κ1) is 19.3. The van der Waals surface area contributed by atoms with Gasteiger partial charge in [-0.15, -0.1) is 0 Å². The average Bonchev–Trinajstić information content (AvgIpc) is 2.63. The van der Waals surface area contributed by atoms with E-state index in [-0.39, 0.29) is 12.5 Å². The van der Waals surface area contributed by atoms with Crippen molar-refractivity contribution in [2.75, 3.05) is 18.5 Å². The van der Waals surface area contributed by atoms with Crippen molar-refractivity contribution < 1.29 is 14.3 Å². The molecule has 1 N–H and O–H groups in total. The fraction of sp³-hybridized carbons (Fsp3) is 0.200. The first-order chi connectivity index (χ1) is 13.0. The number of fused-ring (bicyclic) bond motifs is 1. The Morgan fingerprint density at radius 2 is 1.89 bits per heavy atom. The highest BCUT2D eigenvalue weighted by Gasteiger charge is 2.15. The minimum Gasteiger partial charge on any atom is -0.492 e. The predicted octanol–water partition coefficient (Wildman–Crippen LogP) is 5.27. The van der Waals surface area contributed by atoms with E-state index in [0.717, 1.165) is 5.69 Å². The number of carbonyl (C=O) groups is 1. The molecule has 0 saturated carbocycles. The van der Waals surface area contributed by atoms with Crippen molar-refractivity contribution in [1.82, 2.24) is 4.98 Å². The van der Waals surface area contributed by atoms with Crippen molar-refractivity contribution in [2.45, 2.75) is 13.8 Å². The molecule has 0 aliphatic carbocycles. The predicted molar refractivity (Wildman–Crippen MR) is 108 cm³/mol. The van der Waals surface area contributed by atoms with E-state index >= 15 is 0 Å². The highest BCUT2D eigenvalue weighted by molar-refractivity contribution is 6.39. The molecule has 1 amide bonds. The topological polar surface area (TPSA) is 60.5 Å². The number of hydrogen-bond donors (Lipinski definition) is 1. The van der Waals surface area contributed by atoms with Gasteiger partial charge in [0.15, 0.2) is 12.4 Å². The maximum absolute atomic E-state index is 12.3. The van der Waals surface area contributed by atoms with Gasteiger partial charge in [0.2, 0.25) is 0 Å². The minimum atomic E-state index is -0.339. The number of hydrogen-bond acceptors (Lipinski definition) is 4.